The molecule has 0 unspecified atom stereocenters. The number of aromatic nitrogens is 2. The number of amides is 2. The molecule has 38 heavy (non-hydrogen) atoms. The molecule has 0 bridgehead atoms. The highest BCUT2D eigenvalue weighted by Gasteiger charge is 2.48. The Labute approximate surface area is 221 Å². The van der Waals surface area contributed by atoms with E-state index in [1.54, 1.807) is 6.20 Å². The van der Waals surface area contributed by atoms with E-state index >= 15 is 0 Å². The maximum absolute atomic E-state index is 12.8. The molecule has 3 heterocycles. The van der Waals surface area contributed by atoms with Crippen molar-refractivity contribution >= 4 is 34.1 Å². The van der Waals surface area contributed by atoms with Crippen LogP contribution in [0.4, 0.5) is 22.1 Å². The molecule has 4 atom stereocenters. The van der Waals surface area contributed by atoms with Gasteiger partial charge in [0, 0.05) is 36.9 Å². The van der Waals surface area contributed by atoms with E-state index in [1.807, 2.05) is 62.6 Å². The molecule has 0 spiro atoms. The molecule has 9 heteroatoms. The minimum atomic E-state index is -0.285. The summed E-state index contributed by atoms with van der Waals surface area (Å²) >= 11 is 0. The van der Waals surface area contributed by atoms with E-state index in [-0.39, 0.29) is 30.3 Å². The molecule has 3 N–H and O–H groups in total. The third-order valence-corrected chi connectivity index (χ3v) is 7.06. The fraction of sp³-hybridized carbons (Fsp3) is 0.276. The van der Waals surface area contributed by atoms with E-state index in [0.29, 0.717) is 19.2 Å². The van der Waals surface area contributed by atoms with Gasteiger partial charge in [-0.25, -0.2) is 14.8 Å². The molecule has 6 rings (SSSR count). The molecule has 2 amide bonds. The number of benzene rings is 3. The van der Waals surface area contributed by atoms with Gasteiger partial charge in [0.15, 0.2) is 0 Å². The lowest BCUT2D eigenvalue weighted by molar-refractivity contribution is 0.0683. The number of hydrogen-bond acceptors (Lipinski definition) is 7. The molecule has 2 aliphatic heterocycles. The zero-order valence-electron chi connectivity index (χ0n) is 21.3. The number of nitrogens with zero attached hydrogens (tertiary/aromatic N) is 3. The highest BCUT2D eigenvalue weighted by Crippen LogP contribution is 2.30. The largest absolute Gasteiger partial charge is 0.378 e. The quantitative estimate of drug-likeness (QED) is 0.359. The maximum Gasteiger partial charge on any atom is 0.319 e. The molecule has 4 aromatic rings. The summed E-state index contributed by atoms with van der Waals surface area (Å²) in [4.78, 5) is 24.0. The minimum absolute atomic E-state index is 0.126. The van der Waals surface area contributed by atoms with Crippen molar-refractivity contribution in [3.05, 3.63) is 79.0 Å². The van der Waals surface area contributed by atoms with Gasteiger partial charge in [-0.1, -0.05) is 48.5 Å². The van der Waals surface area contributed by atoms with Crippen LogP contribution in [0.1, 0.15) is 0 Å². The van der Waals surface area contributed by atoms with Crippen LogP contribution in [-0.2, 0) is 9.47 Å². The Morgan fingerprint density at radius 2 is 1.63 bits per heavy atom. The van der Waals surface area contributed by atoms with Gasteiger partial charge in [0.25, 0.3) is 0 Å². The SMILES string of the molecule is CN(C)c1ccc(-c2ccnc(N[C@H]3CO[C@H]4[C@@H]3OC[C@@H]4NC(=O)Nc3cccc4ccccc34)n2)cc1. The number of fused-ring (bicyclic) bond motifs is 2. The summed E-state index contributed by atoms with van der Waals surface area (Å²) in [7, 11) is 4.03. The molecule has 2 fully saturated rings. The summed E-state index contributed by atoms with van der Waals surface area (Å²) < 4.78 is 12.1. The molecule has 2 aliphatic rings. The second-order valence-corrected chi connectivity index (χ2v) is 9.79. The van der Waals surface area contributed by atoms with Gasteiger partial charge in [0.1, 0.15) is 12.2 Å². The van der Waals surface area contributed by atoms with Crippen molar-refractivity contribution in [1.29, 1.82) is 0 Å². The molecular formula is C29H30N6O3. The van der Waals surface area contributed by atoms with Crippen molar-refractivity contribution in [2.75, 3.05) is 42.8 Å². The van der Waals surface area contributed by atoms with Gasteiger partial charge in [0.2, 0.25) is 5.95 Å². The van der Waals surface area contributed by atoms with Gasteiger partial charge in [-0.3, -0.25) is 0 Å². The number of anilines is 3. The van der Waals surface area contributed by atoms with Crippen LogP contribution in [0.5, 0.6) is 0 Å². The molecule has 0 saturated carbocycles. The summed E-state index contributed by atoms with van der Waals surface area (Å²) in [6, 6.07) is 23.3. The Morgan fingerprint density at radius 1 is 0.895 bits per heavy atom. The molecule has 194 valence electrons. The molecule has 1 aromatic heterocycles. The highest BCUT2D eigenvalue weighted by molar-refractivity contribution is 6.01. The fourth-order valence-corrected chi connectivity index (χ4v) is 5.09. The molecule has 0 radical (unpaired) electrons. The van der Waals surface area contributed by atoms with Gasteiger partial charge in [-0.05, 0) is 29.7 Å². The monoisotopic (exact) mass is 510 g/mol. The molecule has 0 aliphatic carbocycles. The van der Waals surface area contributed by atoms with Crippen LogP contribution in [0, 0.1) is 0 Å². The Morgan fingerprint density at radius 3 is 2.45 bits per heavy atom. The van der Waals surface area contributed by atoms with Crippen LogP contribution in [0.2, 0.25) is 0 Å². The Hall–Kier alpha value is -4.21. The third-order valence-electron chi connectivity index (χ3n) is 7.06. The lowest BCUT2D eigenvalue weighted by Crippen LogP contribution is -2.46. The van der Waals surface area contributed by atoms with Crippen molar-refractivity contribution in [3.8, 4) is 11.3 Å². The first kappa shape index (κ1) is 24.1. The number of carbonyl (C=O) groups excluding carboxylic acids is 1. The summed E-state index contributed by atoms with van der Waals surface area (Å²) in [5, 5.41) is 11.4. The number of rotatable bonds is 6. The van der Waals surface area contributed by atoms with Crippen molar-refractivity contribution < 1.29 is 14.3 Å². The first-order valence-corrected chi connectivity index (χ1v) is 12.7. The minimum Gasteiger partial charge on any atom is -0.378 e. The van der Waals surface area contributed by atoms with E-state index in [0.717, 1.165) is 33.4 Å². The van der Waals surface area contributed by atoms with Crippen molar-refractivity contribution in [1.82, 2.24) is 15.3 Å². The van der Waals surface area contributed by atoms with E-state index < -0.39 is 0 Å². The maximum atomic E-state index is 12.8. The molecule has 9 nitrogen and oxygen atoms in total. The smallest absolute Gasteiger partial charge is 0.319 e. The van der Waals surface area contributed by atoms with E-state index in [4.69, 9.17) is 14.5 Å². The highest BCUT2D eigenvalue weighted by atomic mass is 16.6. The number of ether oxygens (including phenoxy) is 2. The number of hydrogen-bond donors (Lipinski definition) is 3. The van der Waals surface area contributed by atoms with Crippen molar-refractivity contribution in [2.45, 2.75) is 24.3 Å². The van der Waals surface area contributed by atoms with E-state index in [1.165, 1.54) is 0 Å². The lowest BCUT2D eigenvalue weighted by Gasteiger charge is -2.19. The Kier molecular flexibility index (Phi) is 6.53. The zero-order valence-corrected chi connectivity index (χ0v) is 21.3. The number of urea groups is 1. The predicted octanol–water partition coefficient (Wildman–Crippen LogP) is 4.13. The normalized spacial score (nSPS) is 22.2. The first-order valence-electron chi connectivity index (χ1n) is 12.7. The van der Waals surface area contributed by atoms with Crippen LogP contribution in [0.3, 0.4) is 0 Å². The number of carbonyl (C=O) groups is 1. The van der Waals surface area contributed by atoms with Gasteiger partial charge in [-0.2, -0.15) is 0 Å². The lowest BCUT2D eigenvalue weighted by atomic mass is 10.1. The molecular weight excluding hydrogens is 480 g/mol. The van der Waals surface area contributed by atoms with Crippen LogP contribution in [-0.4, -0.2) is 67.6 Å². The van der Waals surface area contributed by atoms with E-state index in [2.05, 4.69) is 50.1 Å². The zero-order chi connectivity index (χ0) is 26.1. The average Bonchev–Trinajstić information content (AvgIpc) is 3.52. The summed E-state index contributed by atoms with van der Waals surface area (Å²) in [6.07, 6.45) is 1.27. The molecule has 3 aromatic carbocycles. The van der Waals surface area contributed by atoms with Crippen LogP contribution >= 0.6 is 0 Å². The summed E-state index contributed by atoms with van der Waals surface area (Å²) in [5.74, 6) is 0.516. The molecule has 2 saturated heterocycles. The Bertz CT molecular complexity index is 1440. The van der Waals surface area contributed by atoms with Crippen LogP contribution in [0.15, 0.2) is 79.0 Å². The van der Waals surface area contributed by atoms with Crippen LogP contribution in [0.25, 0.3) is 22.0 Å². The Balaban J connectivity index is 1.08. The van der Waals surface area contributed by atoms with Crippen LogP contribution < -0.4 is 20.9 Å². The van der Waals surface area contributed by atoms with E-state index in [9.17, 15) is 4.79 Å². The topological polar surface area (TPSA) is 101 Å². The summed E-state index contributed by atoms with van der Waals surface area (Å²) in [6.45, 7) is 0.805. The van der Waals surface area contributed by atoms with Crippen molar-refractivity contribution in [3.63, 3.8) is 0 Å². The van der Waals surface area contributed by atoms with Crippen molar-refractivity contribution in [2.24, 2.45) is 0 Å². The predicted molar refractivity (Wildman–Crippen MR) is 149 cm³/mol. The first-order chi connectivity index (χ1) is 18.5. The fourth-order valence-electron chi connectivity index (χ4n) is 5.09. The third kappa shape index (κ3) is 4.85. The van der Waals surface area contributed by atoms with Gasteiger partial charge < -0.3 is 30.3 Å². The average molecular weight is 511 g/mol. The second kappa shape index (κ2) is 10.3. The summed E-state index contributed by atoms with van der Waals surface area (Å²) in [5.41, 5.74) is 3.74. The number of nitrogens with one attached hydrogen (secondary N) is 3. The van der Waals surface area contributed by atoms with Gasteiger partial charge in [-0.15, -0.1) is 0 Å². The standard InChI is InChI=1S/C29H30N6O3/c1-35(2)20-12-10-19(11-13-20)22-14-15-30-28(31-22)32-24-16-37-27-25(17-38-26(24)27)34-29(36)33-23-9-5-7-18-6-3-4-8-21(18)23/h3-15,24-27H,16-17H2,1-2H3,(H,30,31,32)(H2,33,34,36)/t24-,25-,26+,27+/m0/s1. The second-order valence-electron chi connectivity index (χ2n) is 9.79. The van der Waals surface area contributed by atoms with Gasteiger partial charge in [0.05, 0.1) is 36.7 Å². The van der Waals surface area contributed by atoms with Gasteiger partial charge >= 0.3 is 6.03 Å².